The topological polar surface area (TPSA) is 87.3 Å². The number of carbonyl (C=O) groups is 2. The molecule has 0 saturated carbocycles. The Morgan fingerprint density at radius 2 is 1.85 bits per heavy atom. The number of anilines is 1. The maximum absolute atomic E-state index is 13.1. The minimum Gasteiger partial charge on any atom is -0.496 e. The number of aromatic nitrogens is 2. The van der Waals surface area contributed by atoms with Gasteiger partial charge in [0, 0.05) is 24.2 Å². The summed E-state index contributed by atoms with van der Waals surface area (Å²) >= 11 is 0. The largest absolute Gasteiger partial charge is 0.496 e. The molecule has 7 heteroatoms. The summed E-state index contributed by atoms with van der Waals surface area (Å²) in [6.45, 7) is 0.933. The van der Waals surface area contributed by atoms with Crippen LogP contribution in [0.1, 0.15) is 27.2 Å². The Morgan fingerprint density at radius 1 is 1.06 bits per heavy atom. The van der Waals surface area contributed by atoms with Crippen molar-refractivity contribution >= 4 is 28.4 Å². The number of benzene rings is 3. The molecule has 1 aliphatic rings. The molecule has 0 unspecified atom stereocenters. The summed E-state index contributed by atoms with van der Waals surface area (Å²) in [4.78, 5) is 27.8. The average Bonchev–Trinajstić information content (AvgIpc) is 3.25. The second kappa shape index (κ2) is 8.78. The molecule has 3 aromatic carbocycles. The Labute approximate surface area is 191 Å². The van der Waals surface area contributed by atoms with Gasteiger partial charge in [0.05, 0.1) is 25.6 Å². The van der Waals surface area contributed by atoms with E-state index in [0.29, 0.717) is 36.6 Å². The van der Waals surface area contributed by atoms with Crippen molar-refractivity contribution in [3.8, 4) is 5.75 Å². The molecular formula is C26H24N4O3. The minimum absolute atomic E-state index is 0.104. The highest BCUT2D eigenvalue weighted by Crippen LogP contribution is 2.27. The Bertz CT molecular complexity index is 1340. The summed E-state index contributed by atoms with van der Waals surface area (Å²) in [5.74, 6) is 0.776. The highest BCUT2D eigenvalue weighted by atomic mass is 16.5. The molecule has 33 heavy (non-hydrogen) atoms. The maximum atomic E-state index is 13.1. The van der Waals surface area contributed by atoms with Crippen LogP contribution in [0.15, 0.2) is 66.7 Å². The Morgan fingerprint density at radius 3 is 2.73 bits per heavy atom. The average molecular weight is 441 g/mol. The lowest BCUT2D eigenvalue weighted by molar-refractivity contribution is -0.115. The van der Waals surface area contributed by atoms with Crippen molar-refractivity contribution in [1.29, 1.82) is 0 Å². The molecule has 0 aliphatic carbocycles. The van der Waals surface area contributed by atoms with Crippen molar-refractivity contribution in [3.05, 3.63) is 89.1 Å². The third-order valence-electron chi connectivity index (χ3n) is 6.05. The fraction of sp³-hybridized carbons (Fsp3) is 0.192. The van der Waals surface area contributed by atoms with Crippen molar-refractivity contribution in [2.75, 3.05) is 19.0 Å². The van der Waals surface area contributed by atoms with E-state index in [2.05, 4.69) is 15.5 Å². The number of fused-ring (bicyclic) bond motifs is 2. The number of hydrogen-bond acceptors (Lipinski definition) is 4. The van der Waals surface area contributed by atoms with E-state index in [9.17, 15) is 9.59 Å². The predicted octanol–water partition coefficient (Wildman–Crippen LogP) is 3.95. The normalized spacial score (nSPS) is 12.9. The molecule has 0 spiro atoms. The van der Waals surface area contributed by atoms with Crippen LogP contribution in [-0.4, -0.2) is 40.6 Å². The van der Waals surface area contributed by atoms with Gasteiger partial charge in [0.2, 0.25) is 5.91 Å². The van der Waals surface area contributed by atoms with Crippen LogP contribution in [0.4, 0.5) is 5.82 Å². The summed E-state index contributed by atoms with van der Waals surface area (Å²) in [6, 6.07) is 21.2. The molecule has 0 radical (unpaired) electrons. The van der Waals surface area contributed by atoms with Gasteiger partial charge in [-0.05, 0) is 28.5 Å². The van der Waals surface area contributed by atoms with Gasteiger partial charge in [-0.1, -0.05) is 54.6 Å². The molecule has 0 bridgehead atoms. The highest BCUT2D eigenvalue weighted by molar-refractivity contribution is 5.98. The van der Waals surface area contributed by atoms with Crippen LogP contribution in [0.2, 0.25) is 0 Å². The van der Waals surface area contributed by atoms with Crippen LogP contribution < -0.4 is 10.1 Å². The standard InChI is InChI=1S/C26H24N4O3/c1-33-23-12-5-4-11-20(23)26(32)30-14-13-22-21(16-30)25(29-28-22)27-24(31)15-18-9-6-8-17-7-2-3-10-19(17)18/h2-12H,13-16H2,1H3,(H2,27,28,29,31). The van der Waals surface area contributed by atoms with Crippen LogP contribution >= 0.6 is 0 Å². The van der Waals surface area contributed by atoms with Gasteiger partial charge in [0.25, 0.3) is 5.91 Å². The fourth-order valence-electron chi connectivity index (χ4n) is 4.36. The van der Waals surface area contributed by atoms with Crippen LogP contribution in [0.5, 0.6) is 5.75 Å². The lowest BCUT2D eigenvalue weighted by Crippen LogP contribution is -2.36. The van der Waals surface area contributed by atoms with E-state index in [1.54, 1.807) is 24.1 Å². The molecule has 7 nitrogen and oxygen atoms in total. The number of H-pyrrole nitrogens is 1. The van der Waals surface area contributed by atoms with Crippen LogP contribution in [0.3, 0.4) is 0 Å². The van der Waals surface area contributed by atoms with E-state index in [1.165, 1.54) is 0 Å². The Balaban J connectivity index is 1.33. The van der Waals surface area contributed by atoms with Gasteiger partial charge < -0.3 is 15.0 Å². The third-order valence-corrected chi connectivity index (χ3v) is 6.05. The van der Waals surface area contributed by atoms with E-state index in [-0.39, 0.29) is 18.2 Å². The molecule has 2 N–H and O–H groups in total. The number of carbonyl (C=O) groups excluding carboxylic acids is 2. The number of methoxy groups -OCH3 is 1. The zero-order chi connectivity index (χ0) is 22.8. The van der Waals surface area contributed by atoms with Gasteiger partial charge in [-0.3, -0.25) is 14.7 Å². The van der Waals surface area contributed by atoms with Crippen molar-refractivity contribution in [2.45, 2.75) is 19.4 Å². The molecule has 2 amide bonds. The SMILES string of the molecule is COc1ccccc1C(=O)N1CCc2[nH]nc(NC(=O)Cc3cccc4ccccc34)c2C1. The number of nitrogens with one attached hydrogen (secondary N) is 2. The Kier molecular flexibility index (Phi) is 5.52. The monoisotopic (exact) mass is 440 g/mol. The van der Waals surface area contributed by atoms with Crippen molar-refractivity contribution in [3.63, 3.8) is 0 Å². The van der Waals surface area contributed by atoms with Crippen molar-refractivity contribution in [2.24, 2.45) is 0 Å². The molecule has 4 aromatic rings. The Hall–Kier alpha value is -4.13. The van der Waals surface area contributed by atoms with E-state index >= 15 is 0 Å². The van der Waals surface area contributed by atoms with Gasteiger partial charge in [-0.2, -0.15) is 5.10 Å². The second-order valence-corrected chi connectivity index (χ2v) is 8.07. The van der Waals surface area contributed by atoms with Crippen molar-refractivity contribution in [1.82, 2.24) is 15.1 Å². The quantitative estimate of drug-likeness (QED) is 0.492. The fourth-order valence-corrected chi connectivity index (χ4v) is 4.36. The summed E-state index contributed by atoms with van der Waals surface area (Å²) in [5.41, 5.74) is 3.27. The number of rotatable bonds is 5. The van der Waals surface area contributed by atoms with Crippen molar-refractivity contribution < 1.29 is 14.3 Å². The molecule has 1 aliphatic heterocycles. The summed E-state index contributed by atoms with van der Waals surface area (Å²) in [6.07, 6.45) is 0.884. The first-order valence-corrected chi connectivity index (χ1v) is 10.9. The van der Waals surface area contributed by atoms with Gasteiger partial charge in [0.1, 0.15) is 5.75 Å². The van der Waals surface area contributed by atoms with Crippen LogP contribution in [-0.2, 0) is 24.2 Å². The van der Waals surface area contributed by atoms with Gasteiger partial charge in [-0.25, -0.2) is 0 Å². The number of para-hydroxylation sites is 1. The first kappa shape index (κ1) is 20.8. The molecule has 166 valence electrons. The zero-order valence-corrected chi connectivity index (χ0v) is 18.3. The minimum atomic E-state index is -0.145. The van der Waals surface area contributed by atoms with Gasteiger partial charge >= 0.3 is 0 Å². The lowest BCUT2D eigenvalue weighted by Gasteiger charge is -2.27. The summed E-state index contributed by atoms with van der Waals surface area (Å²) in [5, 5.41) is 12.4. The van der Waals surface area contributed by atoms with E-state index in [4.69, 9.17) is 4.74 Å². The van der Waals surface area contributed by atoms with Crippen LogP contribution in [0, 0.1) is 0 Å². The predicted molar refractivity (Wildman–Crippen MR) is 126 cm³/mol. The number of nitrogens with zero attached hydrogens (tertiary/aromatic N) is 2. The van der Waals surface area contributed by atoms with Gasteiger partial charge in [0.15, 0.2) is 5.82 Å². The zero-order valence-electron chi connectivity index (χ0n) is 18.3. The maximum Gasteiger partial charge on any atom is 0.257 e. The van der Waals surface area contributed by atoms with E-state index < -0.39 is 0 Å². The summed E-state index contributed by atoms with van der Waals surface area (Å²) in [7, 11) is 1.56. The molecule has 0 saturated heterocycles. The van der Waals surface area contributed by atoms with Crippen LogP contribution in [0.25, 0.3) is 10.8 Å². The molecule has 5 rings (SSSR count). The molecule has 2 heterocycles. The highest BCUT2D eigenvalue weighted by Gasteiger charge is 2.28. The smallest absolute Gasteiger partial charge is 0.257 e. The van der Waals surface area contributed by atoms with E-state index in [0.717, 1.165) is 27.6 Å². The van der Waals surface area contributed by atoms with E-state index in [1.807, 2.05) is 54.6 Å². The number of aromatic amines is 1. The first-order chi connectivity index (χ1) is 16.1. The lowest BCUT2D eigenvalue weighted by atomic mass is 10.0. The van der Waals surface area contributed by atoms with Gasteiger partial charge in [-0.15, -0.1) is 0 Å². The number of hydrogen-bond donors (Lipinski definition) is 2. The molecular weight excluding hydrogens is 416 g/mol. The summed E-state index contributed by atoms with van der Waals surface area (Å²) < 4.78 is 5.35. The molecule has 0 fully saturated rings. The first-order valence-electron chi connectivity index (χ1n) is 10.9. The third kappa shape index (κ3) is 4.05. The second-order valence-electron chi connectivity index (χ2n) is 8.07. The molecule has 0 atom stereocenters. The number of amides is 2. The number of ether oxygens (including phenoxy) is 1. The molecule has 1 aromatic heterocycles.